The van der Waals surface area contributed by atoms with E-state index >= 15 is 0 Å². The molecule has 53 heavy (non-hydrogen) atoms. The van der Waals surface area contributed by atoms with Crippen molar-refractivity contribution in [2.45, 2.75) is 50.2 Å². The Labute approximate surface area is 303 Å². The zero-order valence-corrected chi connectivity index (χ0v) is 28.6. The molecule has 2 saturated heterocycles. The smallest absolute Gasteiger partial charge is 0.405 e. The molecule has 2 aliphatic heterocycles. The molecular weight excluding hydrogens is 674 g/mol. The fourth-order valence-corrected chi connectivity index (χ4v) is 7.37. The molecule has 0 unspecified atom stereocenters. The highest BCUT2D eigenvalue weighted by Gasteiger charge is 2.37. The molecule has 5 heterocycles. The number of hydrogen-bond donors (Lipinski definition) is 5. The summed E-state index contributed by atoms with van der Waals surface area (Å²) in [6.07, 6.45) is 5.71. The minimum atomic E-state index is -1.25. The van der Waals surface area contributed by atoms with Crippen molar-refractivity contribution >= 4 is 17.9 Å². The van der Waals surface area contributed by atoms with Crippen LogP contribution in [0.4, 0.5) is 4.79 Å². The van der Waals surface area contributed by atoms with Crippen LogP contribution in [0.25, 0.3) is 33.6 Å². The summed E-state index contributed by atoms with van der Waals surface area (Å²) in [5.74, 6) is 1.55. The van der Waals surface area contributed by atoms with Gasteiger partial charge < -0.3 is 30.2 Å². The van der Waals surface area contributed by atoms with Crippen LogP contribution in [-0.2, 0) is 16.0 Å². The number of rotatable bonds is 10. The highest BCUT2D eigenvalue weighted by Crippen LogP contribution is 2.35. The van der Waals surface area contributed by atoms with Crippen LogP contribution in [0.3, 0.4) is 0 Å². The van der Waals surface area contributed by atoms with Gasteiger partial charge in [0.15, 0.2) is 5.82 Å². The highest BCUT2D eigenvalue weighted by molar-refractivity contribution is 5.87. The van der Waals surface area contributed by atoms with Crippen LogP contribution in [-0.4, -0.2) is 86.5 Å². The van der Waals surface area contributed by atoms with Gasteiger partial charge in [0.05, 0.1) is 42.3 Å². The number of nitrogens with zero attached hydrogens (tertiary/aromatic N) is 7. The number of aromatic nitrogens is 8. The van der Waals surface area contributed by atoms with Crippen LogP contribution in [0, 0.1) is 0 Å². The zero-order valence-electron chi connectivity index (χ0n) is 28.6. The number of imidazole rings is 2. The van der Waals surface area contributed by atoms with Crippen molar-refractivity contribution in [3.05, 3.63) is 114 Å². The van der Waals surface area contributed by atoms with E-state index in [4.69, 9.17) is 0 Å². The van der Waals surface area contributed by atoms with E-state index in [0.29, 0.717) is 30.3 Å². The number of likely N-dealkylation sites (tertiary alicyclic amines) is 2. The predicted octanol–water partition coefficient (Wildman–Crippen LogP) is 5.23. The Morgan fingerprint density at radius 2 is 1.30 bits per heavy atom. The fourth-order valence-electron chi connectivity index (χ4n) is 7.37. The molecule has 0 spiro atoms. The number of tetrazole rings is 1. The largest absolute Gasteiger partial charge is 0.465 e. The molecule has 3 amide bonds. The number of carboxylic acid groups (broad SMARTS) is 1. The lowest BCUT2D eigenvalue weighted by Crippen LogP contribution is -2.42. The van der Waals surface area contributed by atoms with E-state index in [9.17, 15) is 19.5 Å². The molecule has 3 atom stereocenters. The van der Waals surface area contributed by atoms with Gasteiger partial charge in [-0.2, -0.15) is 0 Å². The third kappa shape index (κ3) is 7.00. The molecule has 5 N–H and O–H groups in total. The summed E-state index contributed by atoms with van der Waals surface area (Å²) in [5.41, 5.74) is 6.36. The van der Waals surface area contributed by atoms with Gasteiger partial charge in [-0.25, -0.2) is 19.9 Å². The Hall–Kier alpha value is -6.64. The number of amides is 3. The van der Waals surface area contributed by atoms with Gasteiger partial charge in [0.25, 0.3) is 5.91 Å². The maximum absolute atomic E-state index is 13.7. The van der Waals surface area contributed by atoms with Crippen LogP contribution in [0.15, 0.2) is 91.3 Å². The van der Waals surface area contributed by atoms with Crippen molar-refractivity contribution in [2.75, 3.05) is 13.1 Å². The van der Waals surface area contributed by atoms with E-state index in [-0.39, 0.29) is 30.3 Å². The Balaban J connectivity index is 0.925. The molecule has 0 bridgehead atoms. The van der Waals surface area contributed by atoms with E-state index in [0.717, 1.165) is 65.1 Å². The quantitative estimate of drug-likeness (QED) is 0.126. The molecule has 8 rings (SSSR count). The molecule has 0 radical (unpaired) electrons. The van der Waals surface area contributed by atoms with Gasteiger partial charge in [0, 0.05) is 13.1 Å². The van der Waals surface area contributed by atoms with E-state index in [1.54, 1.807) is 35.4 Å². The first-order valence-electron chi connectivity index (χ1n) is 17.6. The van der Waals surface area contributed by atoms with E-state index in [1.165, 1.54) is 0 Å². The molecule has 3 aromatic carbocycles. The van der Waals surface area contributed by atoms with Crippen LogP contribution >= 0.6 is 0 Å². The van der Waals surface area contributed by atoms with Crippen LogP contribution in [0.1, 0.15) is 66.8 Å². The van der Waals surface area contributed by atoms with Gasteiger partial charge in [-0.3, -0.25) is 9.59 Å². The Kier molecular flexibility index (Phi) is 9.19. The second-order valence-corrected chi connectivity index (χ2v) is 13.3. The third-order valence-corrected chi connectivity index (χ3v) is 10.0. The second kappa shape index (κ2) is 14.5. The number of carbonyl (C=O) groups excluding carboxylic acids is 2. The first-order chi connectivity index (χ1) is 25.9. The fraction of sp³-hybridized carbons (Fsp3) is 0.263. The molecule has 15 heteroatoms. The number of nitrogens with one attached hydrogen (secondary N) is 4. The van der Waals surface area contributed by atoms with Gasteiger partial charge in [0.1, 0.15) is 17.7 Å². The second-order valence-electron chi connectivity index (χ2n) is 13.3. The molecule has 3 aromatic heterocycles. The summed E-state index contributed by atoms with van der Waals surface area (Å²) >= 11 is 0. The molecule has 0 aliphatic carbocycles. The number of hydrogen-bond acceptors (Lipinski definition) is 8. The summed E-state index contributed by atoms with van der Waals surface area (Å²) in [6, 6.07) is 23.9. The first kappa shape index (κ1) is 33.5. The van der Waals surface area contributed by atoms with Gasteiger partial charge in [-0.05, 0) is 63.9 Å². The summed E-state index contributed by atoms with van der Waals surface area (Å²) in [7, 11) is 0. The molecule has 2 fully saturated rings. The van der Waals surface area contributed by atoms with Crippen molar-refractivity contribution in [1.82, 2.24) is 55.7 Å². The van der Waals surface area contributed by atoms with Crippen LogP contribution in [0.2, 0.25) is 0 Å². The Bertz CT molecular complexity index is 2200. The Morgan fingerprint density at radius 1 is 0.755 bits per heavy atom. The van der Waals surface area contributed by atoms with E-state index in [1.807, 2.05) is 29.3 Å². The zero-order chi connectivity index (χ0) is 36.3. The van der Waals surface area contributed by atoms with Gasteiger partial charge in [-0.1, -0.05) is 78.9 Å². The summed E-state index contributed by atoms with van der Waals surface area (Å²) in [6.45, 7) is 1.18. The van der Waals surface area contributed by atoms with Gasteiger partial charge >= 0.3 is 6.09 Å². The molecule has 6 aromatic rings. The van der Waals surface area contributed by atoms with Crippen LogP contribution in [0.5, 0.6) is 0 Å². The van der Waals surface area contributed by atoms with Crippen molar-refractivity contribution in [3.63, 3.8) is 0 Å². The summed E-state index contributed by atoms with van der Waals surface area (Å²) in [5, 5.41) is 25.5. The standard InChI is InChI=1S/C38H37N11O4/c50-33(20-32-44-46-47-45-32)48-18-4-8-30(48)35-39-21-28(41-35)25-14-10-23(11-15-25)24-12-16-26(17-13-24)29-22-40-36(42-29)31-9-5-19-49(31)37(51)34(43-38(52)53)27-6-2-1-3-7-27/h1-3,6-7,10-17,21-22,30-31,34,43H,4-5,8-9,18-20H2,(H,39,41)(H,40,42)(H,52,53)(H,44,45,46,47)/t30-,31-,34+/m0/s1. The van der Waals surface area contributed by atoms with Gasteiger partial charge in [0.2, 0.25) is 5.91 Å². The van der Waals surface area contributed by atoms with E-state index in [2.05, 4.69) is 82.3 Å². The number of H-pyrrole nitrogens is 3. The lowest BCUT2D eigenvalue weighted by molar-refractivity contribution is -0.134. The number of benzene rings is 3. The normalized spacial score (nSPS) is 17.6. The monoisotopic (exact) mass is 711 g/mol. The minimum absolute atomic E-state index is 0.0377. The van der Waals surface area contributed by atoms with Crippen molar-refractivity contribution in [1.29, 1.82) is 0 Å². The minimum Gasteiger partial charge on any atom is -0.465 e. The molecule has 268 valence electrons. The van der Waals surface area contributed by atoms with E-state index < -0.39 is 12.1 Å². The summed E-state index contributed by atoms with van der Waals surface area (Å²) < 4.78 is 0. The van der Waals surface area contributed by atoms with Crippen molar-refractivity contribution in [2.24, 2.45) is 0 Å². The molecule has 2 aliphatic rings. The summed E-state index contributed by atoms with van der Waals surface area (Å²) in [4.78, 5) is 57.9. The van der Waals surface area contributed by atoms with Crippen LogP contribution < -0.4 is 5.32 Å². The third-order valence-electron chi connectivity index (χ3n) is 10.0. The molecule has 15 nitrogen and oxygen atoms in total. The lowest BCUT2D eigenvalue weighted by atomic mass is 10.0. The first-order valence-corrected chi connectivity index (χ1v) is 17.6. The number of carbonyl (C=O) groups is 3. The average Bonchev–Trinajstić information content (AvgIpc) is 4.04. The van der Waals surface area contributed by atoms with Crippen molar-refractivity contribution in [3.8, 4) is 33.6 Å². The lowest BCUT2D eigenvalue weighted by Gasteiger charge is -2.28. The maximum Gasteiger partial charge on any atom is 0.405 e. The number of aromatic amines is 3. The maximum atomic E-state index is 13.7. The van der Waals surface area contributed by atoms with Crippen molar-refractivity contribution < 1.29 is 19.5 Å². The Morgan fingerprint density at radius 3 is 1.85 bits per heavy atom. The molecular formula is C38H37N11O4. The average molecular weight is 712 g/mol. The van der Waals surface area contributed by atoms with Gasteiger partial charge in [-0.15, -0.1) is 5.10 Å². The molecule has 0 saturated carbocycles. The predicted molar refractivity (Wildman–Crippen MR) is 193 cm³/mol. The highest BCUT2D eigenvalue weighted by atomic mass is 16.4. The topological polar surface area (TPSA) is 202 Å². The SMILES string of the molecule is O=C(O)N[C@@H](C(=O)N1CCC[C@H]1c1ncc(-c2ccc(-c3ccc(-c4cnc([C@@H]5CCCN5C(=O)Cc5nnn[nH]5)[nH]4)cc3)cc2)[nH]1)c1ccccc1.